The molecule has 0 aliphatic carbocycles. The summed E-state index contributed by atoms with van der Waals surface area (Å²) in [6, 6.07) is 8.42. The Hall–Kier alpha value is -1.94. The molecule has 0 atom stereocenters. The molecule has 112 valence electrons. The molecule has 0 aliphatic rings. The van der Waals surface area contributed by atoms with E-state index in [1.165, 1.54) is 11.1 Å². The van der Waals surface area contributed by atoms with E-state index in [0.717, 1.165) is 30.0 Å². The second-order valence-electron chi connectivity index (χ2n) is 5.23. The Kier molecular flexibility index (Phi) is 5.28. The third-order valence-corrected chi connectivity index (χ3v) is 3.27. The number of rotatable bonds is 6. The van der Waals surface area contributed by atoms with Crippen molar-refractivity contribution in [2.24, 2.45) is 0 Å². The SMILES string of the molecule is CCCNc1cc(-c2cc(C)ccc2C)nc(COC)n1. The Morgan fingerprint density at radius 2 is 1.95 bits per heavy atom. The predicted octanol–water partition coefficient (Wildman–Crippen LogP) is 3.73. The lowest BCUT2D eigenvalue weighted by atomic mass is 10.0. The van der Waals surface area contributed by atoms with Gasteiger partial charge in [0.05, 0.1) is 5.69 Å². The Morgan fingerprint density at radius 1 is 1.14 bits per heavy atom. The van der Waals surface area contributed by atoms with Crippen LogP contribution in [0.1, 0.15) is 30.3 Å². The van der Waals surface area contributed by atoms with E-state index in [2.05, 4.69) is 54.3 Å². The first-order chi connectivity index (χ1) is 10.1. The normalized spacial score (nSPS) is 10.7. The summed E-state index contributed by atoms with van der Waals surface area (Å²) in [4.78, 5) is 9.12. The highest BCUT2D eigenvalue weighted by molar-refractivity contribution is 5.66. The summed E-state index contributed by atoms with van der Waals surface area (Å²) in [5.41, 5.74) is 4.53. The van der Waals surface area contributed by atoms with Gasteiger partial charge in [-0.1, -0.05) is 24.6 Å². The molecule has 21 heavy (non-hydrogen) atoms. The van der Waals surface area contributed by atoms with Crippen molar-refractivity contribution in [1.82, 2.24) is 9.97 Å². The first-order valence-electron chi connectivity index (χ1n) is 7.32. The lowest BCUT2D eigenvalue weighted by Gasteiger charge is -2.11. The predicted molar refractivity (Wildman–Crippen MR) is 86.4 cm³/mol. The Morgan fingerprint density at radius 3 is 2.67 bits per heavy atom. The van der Waals surface area contributed by atoms with Gasteiger partial charge in [0.25, 0.3) is 0 Å². The van der Waals surface area contributed by atoms with Crippen LogP contribution in [0.4, 0.5) is 5.82 Å². The maximum Gasteiger partial charge on any atom is 0.157 e. The maximum atomic E-state index is 5.18. The van der Waals surface area contributed by atoms with Crippen LogP contribution in [0.25, 0.3) is 11.3 Å². The van der Waals surface area contributed by atoms with E-state index in [9.17, 15) is 0 Å². The van der Waals surface area contributed by atoms with Gasteiger partial charge in [-0.2, -0.15) is 0 Å². The number of anilines is 1. The van der Waals surface area contributed by atoms with Gasteiger partial charge in [-0.3, -0.25) is 0 Å². The van der Waals surface area contributed by atoms with Gasteiger partial charge >= 0.3 is 0 Å². The number of nitrogens with zero attached hydrogens (tertiary/aromatic N) is 2. The molecule has 4 heteroatoms. The summed E-state index contributed by atoms with van der Waals surface area (Å²) in [5, 5.41) is 3.33. The summed E-state index contributed by atoms with van der Waals surface area (Å²) in [6.07, 6.45) is 1.06. The van der Waals surface area contributed by atoms with E-state index in [1.54, 1.807) is 7.11 Å². The molecule has 0 amide bonds. The molecule has 1 heterocycles. The molecule has 0 saturated carbocycles. The minimum absolute atomic E-state index is 0.416. The highest BCUT2D eigenvalue weighted by Gasteiger charge is 2.09. The molecular weight excluding hydrogens is 262 g/mol. The zero-order chi connectivity index (χ0) is 15.2. The van der Waals surface area contributed by atoms with Crippen molar-refractivity contribution >= 4 is 5.82 Å². The fourth-order valence-corrected chi connectivity index (χ4v) is 2.18. The Bertz CT molecular complexity index is 611. The van der Waals surface area contributed by atoms with Crippen molar-refractivity contribution in [2.45, 2.75) is 33.8 Å². The lowest BCUT2D eigenvalue weighted by Crippen LogP contribution is -2.07. The van der Waals surface area contributed by atoms with Crippen molar-refractivity contribution in [2.75, 3.05) is 19.0 Å². The number of benzene rings is 1. The highest BCUT2D eigenvalue weighted by atomic mass is 16.5. The van der Waals surface area contributed by atoms with Crippen LogP contribution >= 0.6 is 0 Å². The van der Waals surface area contributed by atoms with Crippen LogP contribution in [-0.4, -0.2) is 23.6 Å². The molecule has 2 aromatic rings. The van der Waals surface area contributed by atoms with Crippen LogP contribution in [0.5, 0.6) is 0 Å². The van der Waals surface area contributed by atoms with Crippen LogP contribution in [0.3, 0.4) is 0 Å². The lowest BCUT2D eigenvalue weighted by molar-refractivity contribution is 0.178. The summed E-state index contributed by atoms with van der Waals surface area (Å²) in [5.74, 6) is 1.56. The van der Waals surface area contributed by atoms with E-state index in [-0.39, 0.29) is 0 Å². The number of hydrogen-bond acceptors (Lipinski definition) is 4. The monoisotopic (exact) mass is 285 g/mol. The van der Waals surface area contributed by atoms with E-state index in [0.29, 0.717) is 12.4 Å². The van der Waals surface area contributed by atoms with Crippen molar-refractivity contribution in [1.29, 1.82) is 0 Å². The topological polar surface area (TPSA) is 47.0 Å². The van der Waals surface area contributed by atoms with E-state index >= 15 is 0 Å². The second kappa shape index (κ2) is 7.18. The fraction of sp³-hybridized carbons (Fsp3) is 0.412. The number of methoxy groups -OCH3 is 1. The maximum absolute atomic E-state index is 5.18. The standard InChI is InChI=1S/C17H23N3O/c1-5-8-18-16-10-15(19-17(20-16)11-21-4)14-9-12(2)6-7-13(14)3/h6-7,9-10H,5,8,11H2,1-4H3,(H,18,19,20). The number of hydrogen-bond donors (Lipinski definition) is 1. The summed E-state index contributed by atoms with van der Waals surface area (Å²) >= 11 is 0. The van der Waals surface area contributed by atoms with Crippen LogP contribution in [0.2, 0.25) is 0 Å². The molecule has 2 rings (SSSR count). The van der Waals surface area contributed by atoms with Crippen molar-refractivity contribution in [3.8, 4) is 11.3 Å². The van der Waals surface area contributed by atoms with E-state index < -0.39 is 0 Å². The number of aromatic nitrogens is 2. The van der Waals surface area contributed by atoms with Crippen molar-refractivity contribution in [3.63, 3.8) is 0 Å². The van der Waals surface area contributed by atoms with Crippen LogP contribution in [0, 0.1) is 13.8 Å². The van der Waals surface area contributed by atoms with Crippen LogP contribution in [0.15, 0.2) is 24.3 Å². The van der Waals surface area contributed by atoms with Gasteiger partial charge < -0.3 is 10.1 Å². The van der Waals surface area contributed by atoms with Crippen molar-refractivity contribution in [3.05, 3.63) is 41.2 Å². The van der Waals surface area contributed by atoms with Gasteiger partial charge in [0.15, 0.2) is 5.82 Å². The number of nitrogens with one attached hydrogen (secondary N) is 1. The van der Waals surface area contributed by atoms with E-state index in [4.69, 9.17) is 4.74 Å². The first kappa shape index (κ1) is 15.4. The van der Waals surface area contributed by atoms with Crippen LogP contribution in [-0.2, 0) is 11.3 Å². The molecule has 0 radical (unpaired) electrons. The molecule has 4 nitrogen and oxygen atoms in total. The van der Waals surface area contributed by atoms with Gasteiger partial charge in [0.1, 0.15) is 12.4 Å². The average molecular weight is 285 g/mol. The Balaban J connectivity index is 2.45. The molecule has 0 unspecified atom stereocenters. The van der Waals surface area contributed by atoms with Gasteiger partial charge in [0.2, 0.25) is 0 Å². The zero-order valence-electron chi connectivity index (χ0n) is 13.2. The number of aryl methyl sites for hydroxylation is 2. The smallest absolute Gasteiger partial charge is 0.157 e. The van der Waals surface area contributed by atoms with Crippen LogP contribution < -0.4 is 5.32 Å². The minimum atomic E-state index is 0.416. The molecule has 1 aromatic carbocycles. The van der Waals surface area contributed by atoms with Gasteiger partial charge in [-0.05, 0) is 31.9 Å². The van der Waals surface area contributed by atoms with E-state index in [1.807, 2.05) is 6.07 Å². The highest BCUT2D eigenvalue weighted by Crippen LogP contribution is 2.25. The second-order valence-corrected chi connectivity index (χ2v) is 5.23. The third-order valence-electron chi connectivity index (χ3n) is 3.27. The first-order valence-corrected chi connectivity index (χ1v) is 7.32. The third kappa shape index (κ3) is 4.02. The number of ether oxygens (including phenoxy) is 1. The minimum Gasteiger partial charge on any atom is -0.377 e. The molecule has 1 aromatic heterocycles. The molecule has 0 bridgehead atoms. The molecular formula is C17H23N3O. The molecule has 0 spiro atoms. The van der Waals surface area contributed by atoms with Gasteiger partial charge in [-0.25, -0.2) is 9.97 Å². The molecule has 1 N–H and O–H groups in total. The fourth-order valence-electron chi connectivity index (χ4n) is 2.18. The quantitative estimate of drug-likeness (QED) is 0.878. The molecule has 0 aliphatic heterocycles. The molecule has 0 saturated heterocycles. The van der Waals surface area contributed by atoms with Gasteiger partial charge in [-0.15, -0.1) is 0 Å². The summed E-state index contributed by atoms with van der Waals surface area (Å²) in [7, 11) is 1.66. The van der Waals surface area contributed by atoms with Gasteiger partial charge in [0, 0.05) is 25.3 Å². The largest absolute Gasteiger partial charge is 0.377 e. The summed E-state index contributed by atoms with van der Waals surface area (Å²) in [6.45, 7) is 7.65. The summed E-state index contributed by atoms with van der Waals surface area (Å²) < 4.78 is 5.18. The zero-order valence-corrected chi connectivity index (χ0v) is 13.2. The molecule has 0 fully saturated rings. The Labute approximate surface area is 126 Å². The average Bonchev–Trinajstić information content (AvgIpc) is 2.48. The van der Waals surface area contributed by atoms with Crippen molar-refractivity contribution < 1.29 is 4.74 Å².